The summed E-state index contributed by atoms with van der Waals surface area (Å²) in [5.41, 5.74) is 0. The fraction of sp³-hybridized carbons (Fsp3) is 0.273. The van der Waals surface area contributed by atoms with Crippen molar-refractivity contribution in [2.45, 2.75) is 5.92 Å². The van der Waals surface area contributed by atoms with Crippen molar-refractivity contribution < 1.29 is 8.78 Å². The van der Waals surface area contributed by atoms with Gasteiger partial charge in [-0.1, -0.05) is 70.6 Å². The Kier molecular flexibility index (Phi) is 4.98. The molecule has 0 bridgehead atoms. The maximum atomic E-state index is 13.4. The van der Waals surface area contributed by atoms with E-state index in [-0.39, 0.29) is 11.5 Å². The third-order valence-electron chi connectivity index (χ3n) is 2.48. The van der Waals surface area contributed by atoms with Crippen LogP contribution in [0.2, 0.25) is 0 Å². The Labute approximate surface area is 155 Å². The van der Waals surface area contributed by atoms with Crippen molar-refractivity contribution in [3.05, 3.63) is 36.2 Å². The van der Waals surface area contributed by atoms with Crippen molar-refractivity contribution in [3.8, 4) is 0 Å². The molecule has 0 nitrogen and oxygen atoms in total. The zero-order valence-electron chi connectivity index (χ0n) is 10.1. The van der Waals surface area contributed by atoms with Crippen LogP contribution in [0, 0.1) is 0 Å². The molecular formula is C11H6F2S8. The zero-order valence-corrected chi connectivity index (χ0v) is 16.6. The Morgan fingerprint density at radius 1 is 0.667 bits per heavy atom. The second-order valence-corrected chi connectivity index (χ2v) is 13.5. The quantitative estimate of drug-likeness (QED) is 0.383. The highest BCUT2D eigenvalue weighted by molar-refractivity contribution is 8.45. The number of halogens is 2. The molecular weight excluding hydrogens is 427 g/mol. The maximum absolute atomic E-state index is 13.4. The van der Waals surface area contributed by atoms with Crippen LogP contribution >= 0.6 is 94.1 Å². The lowest BCUT2D eigenvalue weighted by atomic mass is 10.5. The Balaban J connectivity index is 1.48. The predicted molar refractivity (Wildman–Crippen MR) is 106 cm³/mol. The zero-order chi connectivity index (χ0) is 14.4. The normalized spacial score (nSPS) is 28.1. The minimum atomic E-state index is -2.55. The second-order valence-electron chi connectivity index (χ2n) is 4.07. The van der Waals surface area contributed by atoms with E-state index in [1.165, 1.54) is 40.5 Å². The summed E-state index contributed by atoms with van der Waals surface area (Å²) in [4.78, 5) is 0. The van der Waals surface area contributed by atoms with Gasteiger partial charge in [-0.05, 0) is 10.8 Å². The van der Waals surface area contributed by atoms with E-state index in [0.29, 0.717) is 0 Å². The molecule has 0 saturated heterocycles. The standard InChI is InChI=1S/C11H6F2S8/c12-11(13)3-16-7-8(17-4-11)21-10(20-7)9-18-5-6(19-9)15-2-1-14-5/h1-2H,3-4H2. The SMILES string of the molecule is FC1(F)CSC2=C(SC1)SC(=C1SC3=C(SC=CS3)S1)S2. The highest BCUT2D eigenvalue weighted by Gasteiger charge is 2.38. The monoisotopic (exact) mass is 432 g/mol. The molecule has 4 heterocycles. The number of thioether (sulfide) groups is 8. The molecule has 4 aliphatic rings. The third-order valence-corrected chi connectivity index (χ3v) is 14.0. The van der Waals surface area contributed by atoms with Gasteiger partial charge in [0.15, 0.2) is 0 Å². The van der Waals surface area contributed by atoms with Crippen molar-refractivity contribution >= 4 is 94.1 Å². The van der Waals surface area contributed by atoms with Gasteiger partial charge < -0.3 is 0 Å². The number of alkyl halides is 2. The highest BCUT2D eigenvalue weighted by atomic mass is 32.3. The Hall–Kier alpha value is 1.62. The minimum absolute atomic E-state index is 0.0976. The first-order chi connectivity index (χ1) is 10.1. The molecule has 0 amide bonds. The van der Waals surface area contributed by atoms with E-state index in [0.717, 1.165) is 8.47 Å². The van der Waals surface area contributed by atoms with E-state index in [9.17, 15) is 8.78 Å². The van der Waals surface area contributed by atoms with E-state index in [4.69, 9.17) is 0 Å². The van der Waals surface area contributed by atoms with Gasteiger partial charge in [0.25, 0.3) is 5.92 Å². The summed E-state index contributed by atoms with van der Waals surface area (Å²) in [5.74, 6) is -2.75. The van der Waals surface area contributed by atoms with Crippen LogP contribution < -0.4 is 0 Å². The maximum Gasteiger partial charge on any atom is 0.266 e. The van der Waals surface area contributed by atoms with Crippen LogP contribution in [0.3, 0.4) is 0 Å². The van der Waals surface area contributed by atoms with Gasteiger partial charge >= 0.3 is 0 Å². The molecule has 0 aliphatic carbocycles. The third kappa shape index (κ3) is 3.52. The van der Waals surface area contributed by atoms with Crippen molar-refractivity contribution in [1.82, 2.24) is 0 Å². The summed E-state index contributed by atoms with van der Waals surface area (Å²) in [7, 11) is 0. The van der Waals surface area contributed by atoms with E-state index in [1.54, 1.807) is 47.0 Å². The average Bonchev–Trinajstić information content (AvgIpc) is 3.04. The summed E-state index contributed by atoms with van der Waals surface area (Å²) in [6, 6.07) is 0. The van der Waals surface area contributed by atoms with Gasteiger partial charge in [-0.3, -0.25) is 0 Å². The van der Waals surface area contributed by atoms with Crippen molar-refractivity contribution in [3.63, 3.8) is 0 Å². The molecule has 21 heavy (non-hydrogen) atoms. The van der Waals surface area contributed by atoms with Gasteiger partial charge in [0.05, 0.1) is 36.9 Å². The first-order valence-electron chi connectivity index (χ1n) is 5.67. The van der Waals surface area contributed by atoms with Crippen LogP contribution in [-0.2, 0) is 0 Å². The van der Waals surface area contributed by atoms with Crippen molar-refractivity contribution in [2.24, 2.45) is 0 Å². The molecule has 4 rings (SSSR count). The molecule has 0 spiro atoms. The van der Waals surface area contributed by atoms with Crippen LogP contribution in [0.4, 0.5) is 8.78 Å². The average molecular weight is 433 g/mol. The molecule has 0 aromatic rings. The molecule has 10 heteroatoms. The molecule has 0 atom stereocenters. The molecule has 0 aromatic heterocycles. The molecule has 4 aliphatic heterocycles. The summed E-state index contributed by atoms with van der Waals surface area (Å²) in [5, 5.41) is 4.22. The van der Waals surface area contributed by atoms with E-state index < -0.39 is 5.92 Å². The van der Waals surface area contributed by atoms with Gasteiger partial charge in [-0.25, -0.2) is 8.78 Å². The fourth-order valence-corrected chi connectivity index (χ4v) is 12.9. The van der Waals surface area contributed by atoms with Gasteiger partial charge in [-0.15, -0.1) is 23.5 Å². The fourth-order valence-electron chi connectivity index (χ4n) is 1.60. The number of rotatable bonds is 0. The Morgan fingerprint density at radius 3 is 1.57 bits per heavy atom. The lowest BCUT2D eigenvalue weighted by molar-refractivity contribution is 0.0552. The largest absolute Gasteiger partial charge is 0.266 e. The van der Waals surface area contributed by atoms with Gasteiger partial charge in [-0.2, -0.15) is 0 Å². The van der Waals surface area contributed by atoms with Gasteiger partial charge in [0.1, 0.15) is 0 Å². The second kappa shape index (κ2) is 6.50. The van der Waals surface area contributed by atoms with E-state index in [1.807, 2.05) is 23.5 Å². The molecule has 0 radical (unpaired) electrons. The molecule has 0 N–H and O–H groups in total. The van der Waals surface area contributed by atoms with Crippen LogP contribution in [0.1, 0.15) is 0 Å². The van der Waals surface area contributed by atoms with Gasteiger partial charge in [0, 0.05) is 0 Å². The lowest BCUT2D eigenvalue weighted by Crippen LogP contribution is -2.21. The summed E-state index contributed by atoms with van der Waals surface area (Å²) >= 11 is 13.2. The topological polar surface area (TPSA) is 0 Å². The first-order valence-corrected chi connectivity index (χ1v) is 12.7. The summed E-state index contributed by atoms with van der Waals surface area (Å²) in [6.45, 7) is 0. The van der Waals surface area contributed by atoms with E-state index in [2.05, 4.69) is 10.8 Å². The Morgan fingerprint density at radius 2 is 1.10 bits per heavy atom. The predicted octanol–water partition coefficient (Wildman–Crippen LogP) is 7.39. The number of hydrogen-bond donors (Lipinski definition) is 0. The van der Waals surface area contributed by atoms with Crippen molar-refractivity contribution in [1.29, 1.82) is 0 Å². The summed E-state index contributed by atoms with van der Waals surface area (Å²) < 4.78 is 34.3. The summed E-state index contributed by atoms with van der Waals surface area (Å²) in [6.07, 6.45) is 0. The first kappa shape index (κ1) is 16.1. The lowest BCUT2D eigenvalue weighted by Gasteiger charge is -2.12. The molecule has 0 aromatic carbocycles. The van der Waals surface area contributed by atoms with Crippen LogP contribution in [-0.4, -0.2) is 17.4 Å². The van der Waals surface area contributed by atoms with Crippen LogP contribution in [0.25, 0.3) is 0 Å². The molecule has 0 unspecified atom stereocenters. The number of hydrogen-bond acceptors (Lipinski definition) is 8. The van der Waals surface area contributed by atoms with Crippen LogP contribution in [0.5, 0.6) is 0 Å². The minimum Gasteiger partial charge on any atom is -0.205 e. The molecule has 112 valence electrons. The van der Waals surface area contributed by atoms with Crippen LogP contribution in [0.15, 0.2) is 36.2 Å². The highest BCUT2D eigenvalue weighted by Crippen LogP contribution is 2.67. The Bertz CT molecular complexity index is 572. The van der Waals surface area contributed by atoms with E-state index >= 15 is 0 Å². The molecule has 0 saturated carbocycles. The smallest absolute Gasteiger partial charge is 0.205 e. The van der Waals surface area contributed by atoms with Crippen molar-refractivity contribution in [2.75, 3.05) is 11.5 Å². The van der Waals surface area contributed by atoms with Gasteiger partial charge in [0.2, 0.25) is 0 Å². The molecule has 0 fully saturated rings.